The molecule has 6 nitrogen and oxygen atoms in total. The van der Waals surface area contributed by atoms with Gasteiger partial charge in [-0.2, -0.15) is 0 Å². The molecule has 1 aliphatic rings. The fourth-order valence-electron chi connectivity index (χ4n) is 3.93. The van der Waals surface area contributed by atoms with Crippen LogP contribution in [0.2, 0.25) is 10.0 Å². The van der Waals surface area contributed by atoms with Crippen molar-refractivity contribution in [3.63, 3.8) is 0 Å². The first-order valence-electron chi connectivity index (χ1n) is 9.41. The Morgan fingerprint density at radius 1 is 1.34 bits per heavy atom. The summed E-state index contributed by atoms with van der Waals surface area (Å²) >= 11 is 13.0. The zero-order chi connectivity index (χ0) is 20.9. The SMILES string of the molecule is Cc1cc(N)cc2c1cc(Cc1c(Cl)cnc(C(=O)N3CCC(O)C3)c1Cl)n2C. The molecule has 29 heavy (non-hydrogen) atoms. The minimum Gasteiger partial charge on any atom is -0.399 e. The predicted molar refractivity (Wildman–Crippen MR) is 116 cm³/mol. The van der Waals surface area contributed by atoms with E-state index in [4.69, 9.17) is 28.9 Å². The predicted octanol–water partition coefficient (Wildman–Crippen LogP) is 3.57. The molecule has 1 fully saturated rings. The molecule has 0 spiro atoms. The molecule has 1 saturated heterocycles. The van der Waals surface area contributed by atoms with Crippen LogP contribution in [0.1, 0.15) is 33.7 Å². The summed E-state index contributed by atoms with van der Waals surface area (Å²) < 4.78 is 2.06. The van der Waals surface area contributed by atoms with E-state index in [-0.39, 0.29) is 16.6 Å². The molecular formula is C21H22Cl2N4O2. The zero-order valence-electron chi connectivity index (χ0n) is 16.2. The number of aromatic nitrogens is 2. The van der Waals surface area contributed by atoms with Crippen LogP contribution in [-0.4, -0.2) is 44.7 Å². The third kappa shape index (κ3) is 3.56. The van der Waals surface area contributed by atoms with Gasteiger partial charge in [0.2, 0.25) is 0 Å². The van der Waals surface area contributed by atoms with Crippen LogP contribution in [0.25, 0.3) is 10.9 Å². The molecule has 1 unspecified atom stereocenters. The number of halogens is 2. The minimum atomic E-state index is -0.504. The van der Waals surface area contributed by atoms with E-state index in [0.717, 1.165) is 22.2 Å². The van der Waals surface area contributed by atoms with E-state index in [1.165, 1.54) is 6.20 Å². The number of anilines is 1. The monoisotopic (exact) mass is 432 g/mol. The average molecular weight is 433 g/mol. The molecule has 0 saturated carbocycles. The number of hydrogen-bond acceptors (Lipinski definition) is 4. The van der Waals surface area contributed by atoms with Gasteiger partial charge in [0, 0.05) is 49.5 Å². The molecule has 152 valence electrons. The summed E-state index contributed by atoms with van der Waals surface area (Å²) in [5, 5.41) is 11.5. The van der Waals surface area contributed by atoms with Crippen molar-refractivity contribution in [1.82, 2.24) is 14.5 Å². The molecule has 4 rings (SSSR count). The largest absolute Gasteiger partial charge is 0.399 e. The van der Waals surface area contributed by atoms with Crippen molar-refractivity contribution in [2.45, 2.75) is 25.9 Å². The number of carbonyl (C=O) groups is 1. The maximum Gasteiger partial charge on any atom is 0.274 e. The molecule has 1 amide bonds. The maximum absolute atomic E-state index is 12.8. The van der Waals surface area contributed by atoms with E-state index >= 15 is 0 Å². The second-order valence-electron chi connectivity index (χ2n) is 7.58. The van der Waals surface area contributed by atoms with Gasteiger partial charge < -0.3 is 20.3 Å². The van der Waals surface area contributed by atoms with Gasteiger partial charge in [0.15, 0.2) is 0 Å². The number of aliphatic hydroxyl groups excluding tert-OH is 1. The summed E-state index contributed by atoms with van der Waals surface area (Å²) in [7, 11) is 1.97. The smallest absolute Gasteiger partial charge is 0.274 e. The van der Waals surface area contributed by atoms with Crippen molar-refractivity contribution < 1.29 is 9.90 Å². The minimum absolute atomic E-state index is 0.166. The van der Waals surface area contributed by atoms with Crippen LogP contribution in [0.5, 0.6) is 0 Å². The Hall–Kier alpha value is -2.28. The van der Waals surface area contributed by atoms with Crippen LogP contribution < -0.4 is 5.73 Å². The number of aryl methyl sites for hydroxylation is 2. The summed E-state index contributed by atoms with van der Waals surface area (Å²) in [6.45, 7) is 2.80. The molecule has 0 radical (unpaired) electrons. The lowest BCUT2D eigenvalue weighted by atomic mass is 10.1. The summed E-state index contributed by atoms with van der Waals surface area (Å²) in [6.07, 6.45) is 1.97. The third-order valence-corrected chi connectivity index (χ3v) is 6.30. The first-order chi connectivity index (χ1) is 13.8. The van der Waals surface area contributed by atoms with Gasteiger partial charge in [-0.25, -0.2) is 4.98 Å². The van der Waals surface area contributed by atoms with Crippen molar-refractivity contribution in [2.24, 2.45) is 7.05 Å². The number of hydrogen-bond donors (Lipinski definition) is 2. The van der Waals surface area contributed by atoms with E-state index in [1.54, 1.807) is 4.90 Å². The highest BCUT2D eigenvalue weighted by molar-refractivity contribution is 6.37. The van der Waals surface area contributed by atoms with Crippen LogP contribution in [0.15, 0.2) is 24.4 Å². The molecule has 3 aromatic rings. The number of β-amino-alcohol motifs (C(OH)–C–C–N with tert-alkyl or cyclic N) is 1. The lowest BCUT2D eigenvalue weighted by molar-refractivity contribution is 0.0759. The lowest BCUT2D eigenvalue weighted by Crippen LogP contribution is -2.30. The fraction of sp³-hybridized carbons (Fsp3) is 0.333. The number of nitrogens with two attached hydrogens (primary N) is 1. The maximum atomic E-state index is 12.8. The van der Waals surface area contributed by atoms with E-state index in [2.05, 4.69) is 15.6 Å². The van der Waals surface area contributed by atoms with Crippen LogP contribution in [0.3, 0.4) is 0 Å². The Labute approximate surface area is 178 Å². The van der Waals surface area contributed by atoms with Crippen molar-refractivity contribution in [3.05, 3.63) is 57.0 Å². The fourth-order valence-corrected chi connectivity index (χ4v) is 4.49. The molecule has 3 N–H and O–H groups in total. The number of nitrogens with zero attached hydrogens (tertiary/aromatic N) is 3. The van der Waals surface area contributed by atoms with Crippen LogP contribution in [0, 0.1) is 6.92 Å². The zero-order valence-corrected chi connectivity index (χ0v) is 17.8. The molecule has 8 heteroatoms. The van der Waals surface area contributed by atoms with Crippen molar-refractivity contribution in [3.8, 4) is 0 Å². The van der Waals surface area contributed by atoms with Gasteiger partial charge in [0.05, 0.1) is 21.7 Å². The summed E-state index contributed by atoms with van der Waals surface area (Å²) in [4.78, 5) is 18.6. The standard InChI is InChI=1S/C21H22Cl2N4O2/c1-11-5-12(24)6-18-15(11)7-13(26(18)2)8-16-17(22)9-25-20(19(16)23)21(29)27-4-3-14(28)10-27/h5-7,9,14,28H,3-4,8,10,24H2,1-2H3. The highest BCUT2D eigenvalue weighted by Gasteiger charge is 2.29. The van der Waals surface area contributed by atoms with Crippen molar-refractivity contribution in [1.29, 1.82) is 0 Å². The lowest BCUT2D eigenvalue weighted by Gasteiger charge is -2.17. The Morgan fingerprint density at radius 3 is 2.79 bits per heavy atom. The summed E-state index contributed by atoms with van der Waals surface area (Å²) in [6, 6.07) is 5.98. The topological polar surface area (TPSA) is 84.4 Å². The quantitative estimate of drug-likeness (QED) is 0.619. The van der Waals surface area contributed by atoms with Crippen LogP contribution in [-0.2, 0) is 13.5 Å². The van der Waals surface area contributed by atoms with Gasteiger partial charge >= 0.3 is 0 Å². The van der Waals surface area contributed by atoms with Gasteiger partial charge in [0.1, 0.15) is 5.69 Å². The van der Waals surface area contributed by atoms with E-state index in [1.807, 2.05) is 26.1 Å². The number of nitrogen functional groups attached to an aromatic ring is 1. The van der Waals surface area contributed by atoms with Gasteiger partial charge in [-0.15, -0.1) is 0 Å². The Balaban J connectivity index is 1.73. The Bertz CT molecular complexity index is 1130. The molecule has 0 bridgehead atoms. The van der Waals surface area contributed by atoms with Gasteiger partial charge in [-0.3, -0.25) is 4.79 Å². The summed E-state index contributed by atoms with van der Waals surface area (Å²) in [5.74, 6) is -0.287. The number of carbonyl (C=O) groups excluding carboxylic acids is 1. The first kappa shape index (κ1) is 20.0. The van der Waals surface area contributed by atoms with E-state index < -0.39 is 6.10 Å². The molecule has 3 heterocycles. The normalized spacial score (nSPS) is 16.7. The van der Waals surface area contributed by atoms with Gasteiger partial charge in [0.25, 0.3) is 5.91 Å². The average Bonchev–Trinajstić information content (AvgIpc) is 3.23. The number of fused-ring (bicyclic) bond motifs is 1. The van der Waals surface area contributed by atoms with Crippen molar-refractivity contribution >= 4 is 45.7 Å². The van der Waals surface area contributed by atoms with Crippen LogP contribution >= 0.6 is 23.2 Å². The first-order valence-corrected chi connectivity index (χ1v) is 10.2. The number of rotatable bonds is 3. The van der Waals surface area contributed by atoms with Gasteiger partial charge in [-0.05, 0) is 42.7 Å². The summed E-state index contributed by atoms with van der Waals surface area (Å²) in [5.41, 5.74) is 10.7. The van der Waals surface area contributed by atoms with Crippen LogP contribution in [0.4, 0.5) is 5.69 Å². The molecule has 0 aliphatic carbocycles. The number of likely N-dealkylation sites (tertiary alicyclic amines) is 1. The van der Waals surface area contributed by atoms with Crippen molar-refractivity contribution in [2.75, 3.05) is 18.8 Å². The Kier molecular flexibility index (Phi) is 5.19. The second kappa shape index (κ2) is 7.52. The second-order valence-corrected chi connectivity index (χ2v) is 8.37. The number of pyridine rings is 1. The highest BCUT2D eigenvalue weighted by atomic mass is 35.5. The number of benzene rings is 1. The molecule has 1 aliphatic heterocycles. The molecule has 2 aromatic heterocycles. The molecular weight excluding hydrogens is 411 g/mol. The Morgan fingerprint density at radius 2 is 2.10 bits per heavy atom. The van der Waals surface area contributed by atoms with E-state index in [0.29, 0.717) is 42.2 Å². The third-order valence-electron chi connectivity index (χ3n) is 5.57. The number of amides is 1. The highest BCUT2D eigenvalue weighted by Crippen LogP contribution is 2.32. The van der Waals surface area contributed by atoms with E-state index in [9.17, 15) is 9.90 Å². The molecule has 1 atom stereocenters. The number of aliphatic hydroxyl groups is 1. The van der Waals surface area contributed by atoms with Gasteiger partial charge in [-0.1, -0.05) is 23.2 Å². The molecule has 1 aromatic carbocycles.